The van der Waals surface area contributed by atoms with Gasteiger partial charge in [0.15, 0.2) is 34.6 Å². The molecule has 0 aromatic heterocycles. The monoisotopic (exact) mass is 495 g/mol. The largest absolute Gasteiger partial charge is 0.493 e. The highest BCUT2D eigenvalue weighted by atomic mass is 16.5. The lowest BCUT2D eigenvalue weighted by Gasteiger charge is -2.40. The highest BCUT2D eigenvalue weighted by Gasteiger charge is 2.60. The van der Waals surface area contributed by atoms with Gasteiger partial charge in [0.25, 0.3) is 5.91 Å². The van der Waals surface area contributed by atoms with Gasteiger partial charge in [-0.1, -0.05) is 12.2 Å². The third kappa shape index (κ3) is 4.52. The fourth-order valence-corrected chi connectivity index (χ4v) is 4.57. The zero-order valence-electron chi connectivity index (χ0n) is 21.9. The minimum atomic E-state index is -1.76. The Hall–Kier alpha value is -3.55. The summed E-state index contributed by atoms with van der Waals surface area (Å²) >= 11 is 0. The molecule has 2 saturated carbocycles. The van der Waals surface area contributed by atoms with Crippen LogP contribution in [0.5, 0.6) is 11.5 Å². The van der Waals surface area contributed by atoms with Crippen molar-refractivity contribution in [1.29, 1.82) is 0 Å². The minimum Gasteiger partial charge on any atom is -0.493 e. The van der Waals surface area contributed by atoms with Crippen molar-refractivity contribution < 1.29 is 33.4 Å². The van der Waals surface area contributed by atoms with E-state index in [-0.39, 0.29) is 11.5 Å². The first-order chi connectivity index (χ1) is 16.7. The maximum absolute atomic E-state index is 13.8. The number of carbonyl (C=O) groups is 5. The zero-order valence-corrected chi connectivity index (χ0v) is 21.9. The molecule has 0 N–H and O–H groups in total. The lowest BCUT2D eigenvalue weighted by molar-refractivity contribution is -0.161. The fourth-order valence-electron chi connectivity index (χ4n) is 4.57. The second-order valence-corrected chi connectivity index (χ2v) is 10.4. The average Bonchev–Trinajstić information content (AvgIpc) is 3.70. The number of amides is 1. The Morgan fingerprint density at radius 1 is 0.972 bits per heavy atom. The van der Waals surface area contributed by atoms with Gasteiger partial charge in [0, 0.05) is 18.8 Å². The number of anilines is 1. The maximum Gasteiger partial charge on any atom is 0.261 e. The molecule has 0 bridgehead atoms. The van der Waals surface area contributed by atoms with Crippen molar-refractivity contribution in [3.05, 3.63) is 42.0 Å². The number of benzene rings is 1. The summed E-state index contributed by atoms with van der Waals surface area (Å²) in [6.07, 6.45) is 3.15. The van der Waals surface area contributed by atoms with Crippen molar-refractivity contribution in [1.82, 2.24) is 0 Å². The Morgan fingerprint density at radius 2 is 1.50 bits per heavy atom. The Labute approximate surface area is 211 Å². The van der Waals surface area contributed by atoms with E-state index in [4.69, 9.17) is 9.47 Å². The van der Waals surface area contributed by atoms with Crippen molar-refractivity contribution in [2.45, 2.75) is 40.5 Å². The molecule has 192 valence electrons. The molecule has 1 amide bonds. The molecule has 2 aliphatic carbocycles. The molecule has 36 heavy (non-hydrogen) atoms. The molecular formula is C28H33NO7. The number of methoxy groups -OCH3 is 2. The van der Waals surface area contributed by atoms with Crippen molar-refractivity contribution >= 4 is 34.7 Å². The molecule has 8 nitrogen and oxygen atoms in total. The molecule has 1 aromatic carbocycles. The lowest BCUT2D eigenvalue weighted by atomic mass is 9.57. The second-order valence-electron chi connectivity index (χ2n) is 10.4. The van der Waals surface area contributed by atoms with Gasteiger partial charge in [-0.25, -0.2) is 0 Å². The van der Waals surface area contributed by atoms with E-state index in [1.54, 1.807) is 18.2 Å². The van der Waals surface area contributed by atoms with Crippen LogP contribution in [-0.4, -0.2) is 50.3 Å². The van der Waals surface area contributed by atoms with Gasteiger partial charge >= 0.3 is 0 Å². The lowest BCUT2D eigenvalue weighted by Crippen LogP contribution is -2.59. The van der Waals surface area contributed by atoms with Gasteiger partial charge in [0.2, 0.25) is 0 Å². The predicted octanol–water partition coefficient (Wildman–Crippen LogP) is 3.52. The number of hydrogen-bond donors (Lipinski definition) is 0. The highest BCUT2D eigenvalue weighted by molar-refractivity contribution is 6.41. The van der Waals surface area contributed by atoms with Gasteiger partial charge in [-0.15, -0.1) is 0 Å². The third-order valence-corrected chi connectivity index (χ3v) is 7.14. The highest BCUT2D eigenvalue weighted by Crippen LogP contribution is 2.43. The molecule has 8 heteroatoms. The molecule has 1 aromatic rings. The summed E-state index contributed by atoms with van der Waals surface area (Å²) in [6, 6.07) is 4.83. The first-order valence-electron chi connectivity index (χ1n) is 11.8. The van der Waals surface area contributed by atoms with Crippen molar-refractivity contribution in [3.63, 3.8) is 0 Å². The van der Waals surface area contributed by atoms with E-state index >= 15 is 0 Å². The van der Waals surface area contributed by atoms with Crippen LogP contribution in [0.3, 0.4) is 0 Å². The zero-order chi connectivity index (χ0) is 27.2. The molecule has 0 heterocycles. The minimum absolute atomic E-state index is 0.138. The summed E-state index contributed by atoms with van der Waals surface area (Å²) in [5.74, 6) is -4.54. The van der Waals surface area contributed by atoms with Gasteiger partial charge in [-0.3, -0.25) is 24.0 Å². The summed E-state index contributed by atoms with van der Waals surface area (Å²) < 4.78 is 10.6. The third-order valence-electron chi connectivity index (χ3n) is 7.14. The summed E-state index contributed by atoms with van der Waals surface area (Å²) in [7, 11) is 4.43. The van der Waals surface area contributed by atoms with E-state index in [0.29, 0.717) is 22.8 Å². The van der Waals surface area contributed by atoms with E-state index in [1.807, 2.05) is 0 Å². The first-order valence-corrected chi connectivity index (χ1v) is 11.8. The normalized spacial score (nSPS) is 19.6. The van der Waals surface area contributed by atoms with E-state index < -0.39 is 45.8 Å². The Bertz CT molecular complexity index is 1170. The topological polar surface area (TPSA) is 107 Å². The number of allylic oxidation sites excluding steroid dienone is 2. The Morgan fingerprint density at radius 3 is 1.97 bits per heavy atom. The van der Waals surface area contributed by atoms with Crippen LogP contribution in [0.15, 0.2) is 42.0 Å². The molecule has 0 spiro atoms. The molecule has 0 aliphatic heterocycles. The fraction of sp³-hybridized carbons (Fsp3) is 0.464. The Balaban J connectivity index is 2.07. The second kappa shape index (κ2) is 9.48. The maximum atomic E-state index is 13.8. The van der Waals surface area contributed by atoms with E-state index in [2.05, 4.69) is 6.58 Å². The molecular weight excluding hydrogens is 462 g/mol. The number of Topliss-reactive ketones (excluding diaryl/α,β-unsaturated/α-hetero) is 4. The van der Waals surface area contributed by atoms with Crippen LogP contribution >= 0.6 is 0 Å². The number of rotatable bonds is 8. The average molecular weight is 496 g/mol. The van der Waals surface area contributed by atoms with Gasteiger partial charge in [-0.05, 0) is 64.7 Å². The van der Waals surface area contributed by atoms with Crippen LogP contribution in [0.4, 0.5) is 5.69 Å². The first kappa shape index (κ1) is 27.0. The number of ketones is 4. The Kier molecular flexibility index (Phi) is 7.12. The molecule has 0 saturated heterocycles. The van der Waals surface area contributed by atoms with Crippen LogP contribution in [0, 0.1) is 22.7 Å². The van der Waals surface area contributed by atoms with E-state index in [1.165, 1.54) is 59.9 Å². The van der Waals surface area contributed by atoms with Crippen LogP contribution in [0.25, 0.3) is 0 Å². The number of nitrogens with zero attached hydrogens (tertiary/aromatic N) is 1. The molecule has 2 fully saturated rings. The molecule has 0 atom stereocenters. The van der Waals surface area contributed by atoms with Crippen LogP contribution in [-0.2, 0) is 24.0 Å². The number of ether oxygens (including phenoxy) is 2. The van der Waals surface area contributed by atoms with Gasteiger partial charge in [-0.2, -0.15) is 0 Å². The summed E-state index contributed by atoms with van der Waals surface area (Å²) in [5, 5.41) is 0. The van der Waals surface area contributed by atoms with Gasteiger partial charge in [0.1, 0.15) is 5.92 Å². The quantitative estimate of drug-likeness (QED) is 0.235. The molecule has 0 unspecified atom stereocenters. The summed E-state index contributed by atoms with van der Waals surface area (Å²) in [6.45, 7) is 9.65. The van der Waals surface area contributed by atoms with Crippen LogP contribution in [0.1, 0.15) is 40.5 Å². The number of likely N-dealkylation sites (N-methyl/N-ethyl adjacent to an activating group) is 1. The molecule has 2 aliphatic rings. The SMILES string of the molecule is C=C(/C=C(/C(=O)C1C(=O)C(C)(C)C(=O)C(C)(C)C1=O)C(=O)N(C)c1ccc(OC)c(OC)c1)C1CC1. The smallest absolute Gasteiger partial charge is 0.261 e. The van der Waals surface area contributed by atoms with Crippen molar-refractivity contribution in [2.75, 3.05) is 26.2 Å². The molecule has 3 rings (SSSR count). The number of carbonyl (C=O) groups excluding carboxylic acids is 5. The molecule has 0 radical (unpaired) electrons. The van der Waals surface area contributed by atoms with Crippen molar-refractivity contribution in [2.24, 2.45) is 22.7 Å². The summed E-state index contributed by atoms with van der Waals surface area (Å²) in [4.78, 5) is 68.2. The van der Waals surface area contributed by atoms with E-state index in [9.17, 15) is 24.0 Å². The van der Waals surface area contributed by atoms with Crippen LogP contribution in [0.2, 0.25) is 0 Å². The van der Waals surface area contributed by atoms with E-state index in [0.717, 1.165) is 12.8 Å². The van der Waals surface area contributed by atoms with Gasteiger partial charge in [0.05, 0.1) is 30.6 Å². The standard InChI is InChI=1S/C28H33NO7/c1-15(16-9-10-16)13-18(25(33)29(6)17-11-12-19(35-7)20(14-17)36-8)22(30)21-23(31)27(2,3)26(34)28(4,5)24(21)32/h11-14,16,21H,1,9-10H2,2-8H3/b18-13-. The number of hydrogen-bond acceptors (Lipinski definition) is 7. The summed E-state index contributed by atoms with van der Waals surface area (Å²) in [5.41, 5.74) is -2.43. The van der Waals surface area contributed by atoms with Gasteiger partial charge < -0.3 is 14.4 Å². The van der Waals surface area contributed by atoms with Crippen molar-refractivity contribution in [3.8, 4) is 11.5 Å². The predicted molar refractivity (Wildman–Crippen MR) is 134 cm³/mol. The van der Waals surface area contributed by atoms with Crippen LogP contribution < -0.4 is 14.4 Å².